The van der Waals surface area contributed by atoms with E-state index in [4.69, 9.17) is 4.74 Å². The zero-order valence-corrected chi connectivity index (χ0v) is 11.4. The van der Waals surface area contributed by atoms with Gasteiger partial charge in [0.05, 0.1) is 7.11 Å². The second-order valence-corrected chi connectivity index (χ2v) is 5.49. The van der Waals surface area contributed by atoms with Crippen LogP contribution in [0.3, 0.4) is 0 Å². The number of aromatic hydroxyl groups is 1. The van der Waals surface area contributed by atoms with Crippen LogP contribution in [0.4, 0.5) is 0 Å². The summed E-state index contributed by atoms with van der Waals surface area (Å²) in [6.45, 7) is 4.18. The Morgan fingerprint density at radius 2 is 2.05 bits per heavy atom. The van der Waals surface area contributed by atoms with Crippen LogP contribution >= 0.6 is 0 Å². The summed E-state index contributed by atoms with van der Waals surface area (Å²) in [6, 6.07) is 5.92. The third-order valence-electron chi connectivity index (χ3n) is 4.17. The van der Waals surface area contributed by atoms with Gasteiger partial charge in [-0.3, -0.25) is 4.90 Å². The van der Waals surface area contributed by atoms with E-state index in [2.05, 4.69) is 10.2 Å². The van der Waals surface area contributed by atoms with Crippen molar-refractivity contribution < 1.29 is 9.84 Å². The molecular weight excluding hydrogens is 240 g/mol. The number of ether oxygens (including phenoxy) is 1. The van der Waals surface area contributed by atoms with Crippen LogP contribution in [0.2, 0.25) is 0 Å². The Bertz CT molecular complexity index is 440. The summed E-state index contributed by atoms with van der Waals surface area (Å²) in [4.78, 5) is 2.50. The summed E-state index contributed by atoms with van der Waals surface area (Å²) in [5.41, 5.74) is 1.03. The van der Waals surface area contributed by atoms with Crippen LogP contribution in [0.15, 0.2) is 18.2 Å². The fraction of sp³-hybridized carbons (Fsp3) is 0.600. The first kappa shape index (κ1) is 12.8. The van der Waals surface area contributed by atoms with Crippen LogP contribution in [0.1, 0.15) is 24.4 Å². The zero-order chi connectivity index (χ0) is 13.2. The van der Waals surface area contributed by atoms with E-state index >= 15 is 0 Å². The van der Waals surface area contributed by atoms with Gasteiger partial charge in [0.2, 0.25) is 0 Å². The molecule has 1 heterocycles. The van der Waals surface area contributed by atoms with E-state index in [1.807, 2.05) is 12.1 Å². The normalized spacial score (nSPS) is 22.2. The van der Waals surface area contributed by atoms with Crippen LogP contribution in [0.5, 0.6) is 11.5 Å². The van der Waals surface area contributed by atoms with Gasteiger partial charge in [0, 0.05) is 37.8 Å². The van der Waals surface area contributed by atoms with Gasteiger partial charge in [-0.05, 0) is 37.0 Å². The fourth-order valence-electron chi connectivity index (χ4n) is 3.02. The maximum atomic E-state index is 10.2. The average molecular weight is 262 g/mol. The topological polar surface area (TPSA) is 44.7 Å². The van der Waals surface area contributed by atoms with Gasteiger partial charge in [-0.15, -0.1) is 0 Å². The molecule has 0 amide bonds. The molecule has 1 saturated carbocycles. The fourth-order valence-corrected chi connectivity index (χ4v) is 3.02. The van der Waals surface area contributed by atoms with Crippen LogP contribution in [-0.4, -0.2) is 43.3 Å². The minimum Gasteiger partial charge on any atom is -0.508 e. The van der Waals surface area contributed by atoms with Gasteiger partial charge >= 0.3 is 0 Å². The monoisotopic (exact) mass is 262 g/mol. The van der Waals surface area contributed by atoms with E-state index in [1.54, 1.807) is 13.2 Å². The molecule has 0 radical (unpaired) electrons. The van der Waals surface area contributed by atoms with Crippen molar-refractivity contribution in [1.29, 1.82) is 0 Å². The lowest BCUT2D eigenvalue weighted by molar-refractivity contribution is 0.153. The highest BCUT2D eigenvalue weighted by molar-refractivity contribution is 5.42. The van der Waals surface area contributed by atoms with E-state index in [0.717, 1.165) is 37.5 Å². The van der Waals surface area contributed by atoms with Crippen LogP contribution in [-0.2, 0) is 0 Å². The Balaban J connectivity index is 1.90. The third kappa shape index (κ3) is 2.69. The maximum absolute atomic E-state index is 10.2. The molecule has 3 rings (SSSR count). The van der Waals surface area contributed by atoms with E-state index in [-0.39, 0.29) is 0 Å². The number of benzene rings is 1. The number of hydrogen-bond acceptors (Lipinski definition) is 4. The lowest BCUT2D eigenvalue weighted by Gasteiger charge is -2.35. The molecule has 104 valence electrons. The molecule has 1 aromatic carbocycles. The Hall–Kier alpha value is -1.26. The summed E-state index contributed by atoms with van der Waals surface area (Å²) in [5.74, 6) is 1.92. The van der Waals surface area contributed by atoms with Crippen LogP contribution in [0.25, 0.3) is 0 Å². The molecule has 0 bridgehead atoms. The lowest BCUT2D eigenvalue weighted by Crippen LogP contribution is -2.45. The van der Waals surface area contributed by atoms with Crippen molar-refractivity contribution in [3.63, 3.8) is 0 Å². The SMILES string of the molecule is COc1ccc(O)c([C@@H](C2CC2)N2CCNCC2)c1. The van der Waals surface area contributed by atoms with Crippen molar-refractivity contribution in [1.82, 2.24) is 10.2 Å². The lowest BCUT2D eigenvalue weighted by atomic mass is 9.98. The van der Waals surface area contributed by atoms with E-state index in [0.29, 0.717) is 17.7 Å². The zero-order valence-electron chi connectivity index (χ0n) is 11.4. The average Bonchev–Trinajstić information content (AvgIpc) is 3.27. The molecule has 1 aromatic rings. The van der Waals surface area contributed by atoms with Crippen LogP contribution in [0, 0.1) is 5.92 Å². The van der Waals surface area contributed by atoms with Gasteiger partial charge < -0.3 is 15.2 Å². The Labute approximate surface area is 114 Å². The molecule has 1 atom stereocenters. The largest absolute Gasteiger partial charge is 0.508 e. The molecule has 2 aliphatic rings. The van der Waals surface area contributed by atoms with Gasteiger partial charge in [-0.2, -0.15) is 0 Å². The summed E-state index contributed by atoms with van der Waals surface area (Å²) >= 11 is 0. The minimum absolute atomic E-state index is 0.345. The molecule has 1 aliphatic carbocycles. The van der Waals surface area contributed by atoms with Gasteiger partial charge in [-0.1, -0.05) is 0 Å². The minimum atomic E-state index is 0.345. The summed E-state index contributed by atoms with van der Waals surface area (Å²) in [7, 11) is 1.67. The number of nitrogens with one attached hydrogen (secondary N) is 1. The predicted octanol–water partition coefficient (Wildman–Crippen LogP) is 1.76. The molecule has 0 spiro atoms. The Morgan fingerprint density at radius 1 is 1.32 bits per heavy atom. The molecular formula is C15H22N2O2. The first-order valence-corrected chi connectivity index (χ1v) is 7.11. The van der Waals surface area contributed by atoms with Crippen molar-refractivity contribution in [2.24, 2.45) is 5.92 Å². The highest BCUT2D eigenvalue weighted by Crippen LogP contribution is 2.47. The molecule has 0 unspecified atom stereocenters. The summed E-state index contributed by atoms with van der Waals surface area (Å²) in [5, 5.41) is 13.6. The van der Waals surface area contributed by atoms with Gasteiger partial charge in [-0.25, -0.2) is 0 Å². The van der Waals surface area contributed by atoms with Gasteiger partial charge in [0.25, 0.3) is 0 Å². The highest BCUT2D eigenvalue weighted by atomic mass is 16.5. The van der Waals surface area contributed by atoms with E-state index in [1.165, 1.54) is 12.8 Å². The van der Waals surface area contributed by atoms with E-state index < -0.39 is 0 Å². The van der Waals surface area contributed by atoms with Gasteiger partial charge in [0.1, 0.15) is 11.5 Å². The first-order chi connectivity index (χ1) is 9.29. The summed E-state index contributed by atoms with van der Waals surface area (Å²) < 4.78 is 5.31. The molecule has 4 nitrogen and oxygen atoms in total. The molecule has 4 heteroatoms. The standard InChI is InChI=1S/C15H22N2O2/c1-19-12-4-5-14(18)13(10-12)15(11-2-3-11)17-8-6-16-7-9-17/h4-5,10-11,15-16,18H,2-3,6-9H2,1H3/t15-/m1/s1. The number of nitrogens with zero attached hydrogens (tertiary/aromatic N) is 1. The van der Waals surface area contributed by atoms with Crippen molar-refractivity contribution >= 4 is 0 Å². The van der Waals surface area contributed by atoms with E-state index in [9.17, 15) is 5.11 Å². The quantitative estimate of drug-likeness (QED) is 0.868. The number of phenolic OH excluding ortho intramolecular Hbond substituents is 1. The number of methoxy groups -OCH3 is 1. The molecule has 0 aromatic heterocycles. The third-order valence-corrected chi connectivity index (χ3v) is 4.17. The first-order valence-electron chi connectivity index (χ1n) is 7.11. The second-order valence-electron chi connectivity index (χ2n) is 5.49. The number of rotatable bonds is 4. The molecule has 2 fully saturated rings. The number of hydrogen-bond donors (Lipinski definition) is 2. The molecule has 1 aliphatic heterocycles. The van der Waals surface area contributed by atoms with Gasteiger partial charge in [0.15, 0.2) is 0 Å². The second kappa shape index (κ2) is 5.39. The predicted molar refractivity (Wildman–Crippen MR) is 74.6 cm³/mol. The molecule has 19 heavy (non-hydrogen) atoms. The van der Waals surface area contributed by atoms with Crippen molar-refractivity contribution in [3.05, 3.63) is 23.8 Å². The molecule has 1 saturated heterocycles. The summed E-state index contributed by atoms with van der Waals surface area (Å²) in [6.07, 6.45) is 2.54. The van der Waals surface area contributed by atoms with Crippen LogP contribution < -0.4 is 10.1 Å². The van der Waals surface area contributed by atoms with Crippen molar-refractivity contribution in [2.45, 2.75) is 18.9 Å². The number of piperazine rings is 1. The Morgan fingerprint density at radius 3 is 2.68 bits per heavy atom. The van der Waals surface area contributed by atoms with Crippen molar-refractivity contribution in [3.8, 4) is 11.5 Å². The number of phenols is 1. The Kier molecular flexibility index (Phi) is 3.62. The van der Waals surface area contributed by atoms with Crippen molar-refractivity contribution in [2.75, 3.05) is 33.3 Å². The highest BCUT2D eigenvalue weighted by Gasteiger charge is 2.38. The maximum Gasteiger partial charge on any atom is 0.120 e. The smallest absolute Gasteiger partial charge is 0.120 e. The molecule has 2 N–H and O–H groups in total.